The molecule has 12 rings (SSSR count). The number of piperidine rings is 2. The molecule has 0 amide bonds. The number of aliphatic hydroxyl groups excluding tert-OH is 1. The van der Waals surface area contributed by atoms with Gasteiger partial charge in [0.05, 0.1) is 28.1 Å². The Kier molecular flexibility index (Phi) is 6.11. The molecule has 2 saturated heterocycles. The fourth-order valence-electron chi connectivity index (χ4n) is 13.3. The minimum absolute atomic E-state index is 0.0444. The Morgan fingerprint density at radius 2 is 1.33 bits per heavy atom. The number of hydrogen-bond acceptors (Lipinski definition) is 11. The number of ether oxygens (including phenoxy) is 4. The van der Waals surface area contributed by atoms with Crippen molar-refractivity contribution in [2.45, 2.75) is 136 Å². The highest BCUT2D eigenvalue weighted by Gasteiger charge is 2.75. The van der Waals surface area contributed by atoms with E-state index in [9.17, 15) is 25.2 Å². The summed E-state index contributed by atoms with van der Waals surface area (Å²) in [6.07, 6.45) is 5.83. The van der Waals surface area contributed by atoms with E-state index < -0.39 is 52.6 Å². The van der Waals surface area contributed by atoms with Crippen LogP contribution in [0.2, 0.25) is 0 Å². The molecule has 2 aromatic rings. The van der Waals surface area contributed by atoms with Crippen molar-refractivity contribution in [3.8, 4) is 23.0 Å². The second-order valence-corrected chi connectivity index (χ2v) is 18.2. The Morgan fingerprint density at radius 3 is 1.98 bits per heavy atom. The summed E-state index contributed by atoms with van der Waals surface area (Å²) in [6.45, 7) is 3.63. The van der Waals surface area contributed by atoms with Gasteiger partial charge < -0.3 is 39.4 Å². The zero-order valence-corrected chi connectivity index (χ0v) is 29.5. The van der Waals surface area contributed by atoms with Gasteiger partial charge in [0.25, 0.3) is 0 Å². The van der Waals surface area contributed by atoms with Gasteiger partial charge in [-0.05, 0) is 125 Å². The number of carbonyl (C=O) groups excluding carboxylic acids is 1. The van der Waals surface area contributed by atoms with Gasteiger partial charge in [0.1, 0.15) is 18.3 Å². The minimum atomic E-state index is -1.09. The van der Waals surface area contributed by atoms with Gasteiger partial charge in [-0.1, -0.05) is 12.1 Å². The molecule has 4 saturated carbocycles. The van der Waals surface area contributed by atoms with Crippen molar-refractivity contribution in [3.05, 3.63) is 46.5 Å². The van der Waals surface area contributed by atoms with E-state index in [1.54, 1.807) is 12.1 Å². The SMILES string of the molecule is O=C(Oc1ccc2c3c1O[C@H]1[C@H](O)CC[C@@]4(O)[C@@H](C2)N(CC2CC2)CC[C@]314)O[C@@H]1CC[C@@]2(O)C3Cc4ccc(O)c5c4[C@@]2(CCN3CC2CC2)[C@H]1O5. The number of aliphatic hydroxyl groups is 3. The zero-order chi connectivity index (χ0) is 34.9. The van der Waals surface area contributed by atoms with Crippen LogP contribution in [0.3, 0.4) is 0 Å². The van der Waals surface area contributed by atoms with E-state index in [1.165, 1.54) is 25.7 Å². The van der Waals surface area contributed by atoms with Crippen LogP contribution in [0.4, 0.5) is 4.79 Å². The second kappa shape index (κ2) is 10.2. The zero-order valence-electron chi connectivity index (χ0n) is 29.5. The smallest absolute Gasteiger partial charge is 0.504 e. The molecule has 6 fully saturated rings. The van der Waals surface area contributed by atoms with Crippen LogP contribution in [0.5, 0.6) is 23.0 Å². The fourth-order valence-corrected chi connectivity index (χ4v) is 13.3. The summed E-state index contributed by atoms with van der Waals surface area (Å²) in [6, 6.07) is 7.31. The molecule has 276 valence electrons. The average Bonchev–Trinajstić information content (AvgIpc) is 4.05. The lowest BCUT2D eigenvalue weighted by molar-refractivity contribution is -0.209. The number of hydrogen-bond donors (Lipinski definition) is 4. The van der Waals surface area contributed by atoms with E-state index in [0.29, 0.717) is 74.7 Å². The standard InChI is InChI=1S/C41H48N2O9/c44-25-7-5-23-17-30-41(48)12-10-28(36-39(41,31(23)33(25)51-36)14-16-43(30)20-22-3-4-22)50-37(46)49-27-8-6-24-18-29-40(47)11-9-26(45)35-38(40,32(24)34(27)52-35)13-15-42(29)19-21-1-2-21/h5-8,21-22,26,28-30,35-36,44-45,47-48H,1-4,9-20H2/t26-,28-,29-,30?,35+,36+,38+,39+,40-,41-/m1/s1. The lowest BCUT2D eigenvalue weighted by Crippen LogP contribution is -2.77. The average molecular weight is 713 g/mol. The first-order valence-electron chi connectivity index (χ1n) is 20.0. The van der Waals surface area contributed by atoms with Crippen molar-refractivity contribution in [1.29, 1.82) is 0 Å². The highest BCUT2D eigenvalue weighted by Crippen LogP contribution is 2.67. The number of aromatic hydroxyl groups is 1. The summed E-state index contributed by atoms with van der Waals surface area (Å²) in [5.74, 6) is 2.51. The van der Waals surface area contributed by atoms with E-state index in [2.05, 4.69) is 9.80 Å². The Morgan fingerprint density at radius 1 is 0.750 bits per heavy atom. The molecule has 10 atom stereocenters. The molecule has 4 N–H and O–H groups in total. The fraction of sp³-hybridized carbons (Fsp3) is 0.683. The molecule has 4 aliphatic heterocycles. The molecule has 2 spiro atoms. The van der Waals surface area contributed by atoms with E-state index in [4.69, 9.17) is 18.9 Å². The van der Waals surface area contributed by atoms with Gasteiger partial charge in [-0.2, -0.15) is 0 Å². The van der Waals surface area contributed by atoms with Crippen LogP contribution in [0.1, 0.15) is 86.5 Å². The van der Waals surface area contributed by atoms with Crippen molar-refractivity contribution in [2.24, 2.45) is 11.8 Å². The molecule has 11 nitrogen and oxygen atoms in total. The third-order valence-electron chi connectivity index (χ3n) is 15.9. The number of likely N-dealkylation sites (tertiary alicyclic amines) is 2. The molecular weight excluding hydrogens is 664 g/mol. The first-order valence-corrected chi connectivity index (χ1v) is 20.0. The summed E-state index contributed by atoms with van der Waals surface area (Å²) < 4.78 is 25.5. The van der Waals surface area contributed by atoms with Crippen molar-refractivity contribution in [3.63, 3.8) is 0 Å². The predicted molar refractivity (Wildman–Crippen MR) is 185 cm³/mol. The van der Waals surface area contributed by atoms with E-state index in [1.807, 2.05) is 12.1 Å². The number of carbonyl (C=O) groups is 1. The first-order chi connectivity index (χ1) is 25.1. The normalized spacial score (nSPS) is 43.2. The maximum Gasteiger partial charge on any atom is 0.514 e. The maximum absolute atomic E-state index is 13.9. The third-order valence-corrected chi connectivity index (χ3v) is 15.9. The number of rotatable bonds is 6. The van der Waals surface area contributed by atoms with Crippen LogP contribution in [0.25, 0.3) is 0 Å². The quantitative estimate of drug-likeness (QED) is 0.259. The van der Waals surface area contributed by atoms with Crippen molar-refractivity contribution < 1.29 is 44.2 Å². The van der Waals surface area contributed by atoms with Crippen LogP contribution >= 0.6 is 0 Å². The van der Waals surface area contributed by atoms with Gasteiger partial charge in [0.2, 0.25) is 0 Å². The van der Waals surface area contributed by atoms with Gasteiger partial charge >= 0.3 is 6.16 Å². The van der Waals surface area contributed by atoms with Crippen molar-refractivity contribution >= 4 is 6.16 Å². The molecular formula is C41H48N2O9. The summed E-state index contributed by atoms with van der Waals surface area (Å²) in [5.41, 5.74) is 0.220. The molecule has 0 aromatic heterocycles. The molecule has 1 unspecified atom stereocenters. The Bertz CT molecular complexity index is 1910. The lowest BCUT2D eigenvalue weighted by atomic mass is 9.48. The Balaban J connectivity index is 0.861. The highest BCUT2D eigenvalue weighted by atomic mass is 16.7. The molecule has 4 bridgehead atoms. The van der Waals surface area contributed by atoms with Crippen LogP contribution in [-0.2, 0) is 28.4 Å². The molecule has 52 heavy (non-hydrogen) atoms. The van der Waals surface area contributed by atoms with E-state index >= 15 is 0 Å². The second-order valence-electron chi connectivity index (χ2n) is 18.2. The lowest BCUT2D eigenvalue weighted by Gasteiger charge is -2.63. The van der Waals surface area contributed by atoms with Gasteiger partial charge in [-0.15, -0.1) is 0 Å². The van der Waals surface area contributed by atoms with Crippen molar-refractivity contribution in [2.75, 3.05) is 26.2 Å². The summed E-state index contributed by atoms with van der Waals surface area (Å²) in [7, 11) is 0. The van der Waals surface area contributed by atoms with Crippen LogP contribution in [-0.4, -0.2) is 110 Å². The molecule has 11 heteroatoms. The largest absolute Gasteiger partial charge is 0.514 e. The Labute approximate surface area is 302 Å². The van der Waals surface area contributed by atoms with Crippen LogP contribution in [0, 0.1) is 11.8 Å². The van der Waals surface area contributed by atoms with E-state index in [-0.39, 0.29) is 23.6 Å². The third kappa shape index (κ3) is 3.73. The summed E-state index contributed by atoms with van der Waals surface area (Å²) in [5, 5.41) is 47.8. The number of phenols is 1. The molecule has 10 aliphatic rings. The van der Waals surface area contributed by atoms with Gasteiger partial charge in [-0.25, -0.2) is 4.79 Å². The number of phenolic OH excluding ortho intramolecular Hbond substituents is 1. The molecule has 0 radical (unpaired) electrons. The Hall–Kier alpha value is -3.09. The first kappa shape index (κ1) is 31.3. The van der Waals surface area contributed by atoms with Gasteiger partial charge in [-0.3, -0.25) is 9.80 Å². The molecule has 2 aromatic carbocycles. The number of nitrogens with zero attached hydrogens (tertiary/aromatic N) is 2. The number of benzene rings is 2. The van der Waals surface area contributed by atoms with Gasteiger partial charge in [0, 0.05) is 36.3 Å². The predicted octanol–water partition coefficient (Wildman–Crippen LogP) is 3.47. The summed E-state index contributed by atoms with van der Waals surface area (Å²) >= 11 is 0. The topological polar surface area (TPSA) is 141 Å². The van der Waals surface area contributed by atoms with Crippen molar-refractivity contribution in [1.82, 2.24) is 9.80 Å². The van der Waals surface area contributed by atoms with E-state index in [0.717, 1.165) is 48.4 Å². The minimum Gasteiger partial charge on any atom is -0.504 e. The maximum atomic E-state index is 13.9. The van der Waals surface area contributed by atoms with Crippen LogP contribution in [0.15, 0.2) is 24.3 Å². The van der Waals surface area contributed by atoms with Crippen LogP contribution < -0.4 is 14.2 Å². The molecule has 6 aliphatic carbocycles. The van der Waals surface area contributed by atoms with Gasteiger partial charge in [0.15, 0.2) is 23.0 Å². The monoisotopic (exact) mass is 712 g/mol. The molecule has 4 heterocycles. The highest BCUT2D eigenvalue weighted by molar-refractivity contribution is 5.70. The summed E-state index contributed by atoms with van der Waals surface area (Å²) in [4.78, 5) is 18.9.